The van der Waals surface area contributed by atoms with E-state index in [1.165, 1.54) is 12.2 Å². The Morgan fingerprint density at radius 2 is 1.84 bits per heavy atom. The number of unbranched alkanes of at least 4 members (excludes halogenated alkanes) is 3. The summed E-state index contributed by atoms with van der Waals surface area (Å²) in [5.74, 6) is 0.374. The van der Waals surface area contributed by atoms with Crippen LogP contribution in [0.5, 0.6) is 0 Å². The average molecular weight is 465 g/mol. The fourth-order valence-electron chi connectivity index (χ4n) is 4.63. The Kier molecular flexibility index (Phi) is 11.9. The van der Waals surface area contributed by atoms with Gasteiger partial charge in [0.2, 0.25) is 0 Å². The van der Waals surface area contributed by atoms with Gasteiger partial charge in [-0.25, -0.2) is 0 Å². The van der Waals surface area contributed by atoms with Gasteiger partial charge in [0, 0.05) is 45.3 Å². The Bertz CT molecular complexity index is 742. The molecule has 1 aromatic rings. The molecular formula is C26H41O5P. The molecule has 2 rings (SSSR count). The largest absolute Gasteiger partial charge is 0.380 e. The van der Waals surface area contributed by atoms with E-state index >= 15 is 0 Å². The van der Waals surface area contributed by atoms with Crippen molar-refractivity contribution in [1.82, 2.24) is 0 Å². The lowest BCUT2D eigenvalue weighted by molar-refractivity contribution is -0.121. The van der Waals surface area contributed by atoms with Crippen LogP contribution in [0.3, 0.4) is 0 Å². The van der Waals surface area contributed by atoms with E-state index in [-0.39, 0.29) is 29.8 Å². The Labute approximate surface area is 194 Å². The maximum absolute atomic E-state index is 12.6. The number of Topliss-reactive ketones (excluding diaryl/α,β-unsaturated/α-hetero) is 1. The standard InChI is InChI=1S/C26H41O5P/c1-30-22(15-11-14-21-12-7-6-8-13-21)17-18-24-23(25(27)20-26(24)31-2)16-9-4-5-10-19-32(3,28)29/h6-8,12-13,17-18,22-24,26H,4-5,9-11,14-16,19-20H2,1-3H3,(H,28,29)/b18-17+/t22?,23-,24-,26?/m1/s1. The third-order valence-corrected chi connectivity index (χ3v) is 7.64. The number of hydrogen-bond acceptors (Lipinski definition) is 4. The van der Waals surface area contributed by atoms with E-state index in [0.29, 0.717) is 12.6 Å². The minimum Gasteiger partial charge on any atom is -0.380 e. The quantitative estimate of drug-likeness (QED) is 0.206. The zero-order chi connectivity index (χ0) is 23.4. The zero-order valence-electron chi connectivity index (χ0n) is 19.9. The zero-order valence-corrected chi connectivity index (χ0v) is 20.8. The highest BCUT2D eigenvalue weighted by Crippen LogP contribution is 2.37. The molecule has 0 bridgehead atoms. The van der Waals surface area contributed by atoms with Gasteiger partial charge in [-0.15, -0.1) is 0 Å². The number of rotatable bonds is 15. The molecule has 1 aromatic carbocycles. The highest BCUT2D eigenvalue weighted by molar-refractivity contribution is 7.57. The van der Waals surface area contributed by atoms with Crippen LogP contribution in [0.2, 0.25) is 0 Å². The van der Waals surface area contributed by atoms with Crippen LogP contribution >= 0.6 is 7.37 Å². The molecule has 32 heavy (non-hydrogen) atoms. The number of aryl methyl sites for hydroxylation is 1. The van der Waals surface area contributed by atoms with Crippen molar-refractivity contribution in [2.24, 2.45) is 11.8 Å². The van der Waals surface area contributed by atoms with Crippen molar-refractivity contribution in [3.05, 3.63) is 48.0 Å². The van der Waals surface area contributed by atoms with E-state index in [1.54, 1.807) is 14.2 Å². The Hall–Kier alpha value is -1.26. The molecule has 5 atom stereocenters. The molecule has 3 unspecified atom stereocenters. The van der Waals surface area contributed by atoms with Crippen LogP contribution in [-0.2, 0) is 25.3 Å². The summed E-state index contributed by atoms with van der Waals surface area (Å²) in [4.78, 5) is 22.0. The summed E-state index contributed by atoms with van der Waals surface area (Å²) in [6.45, 7) is 1.42. The van der Waals surface area contributed by atoms with Crippen LogP contribution in [0.25, 0.3) is 0 Å². The first kappa shape index (κ1) is 27.0. The van der Waals surface area contributed by atoms with Crippen molar-refractivity contribution in [2.75, 3.05) is 27.0 Å². The number of carbonyl (C=O) groups is 1. The molecule has 0 saturated heterocycles. The van der Waals surface area contributed by atoms with Crippen molar-refractivity contribution < 1.29 is 23.7 Å². The van der Waals surface area contributed by atoms with Gasteiger partial charge in [0.1, 0.15) is 5.78 Å². The number of benzene rings is 1. The lowest BCUT2D eigenvalue weighted by Crippen LogP contribution is -2.21. The highest BCUT2D eigenvalue weighted by atomic mass is 31.2. The average Bonchev–Trinajstić information content (AvgIpc) is 3.07. The molecule has 0 aliphatic heterocycles. The van der Waals surface area contributed by atoms with Crippen molar-refractivity contribution in [2.45, 2.75) is 70.0 Å². The fourth-order valence-corrected chi connectivity index (χ4v) is 5.44. The summed E-state index contributed by atoms with van der Waals surface area (Å²) in [6.07, 6.45) is 12.6. The van der Waals surface area contributed by atoms with Gasteiger partial charge in [-0.2, -0.15) is 0 Å². The topological polar surface area (TPSA) is 72.8 Å². The molecule has 180 valence electrons. The third kappa shape index (κ3) is 9.70. The van der Waals surface area contributed by atoms with Gasteiger partial charge in [0.15, 0.2) is 7.37 Å². The lowest BCUT2D eigenvalue weighted by Gasteiger charge is -2.21. The summed E-state index contributed by atoms with van der Waals surface area (Å²) >= 11 is 0. The van der Waals surface area contributed by atoms with Gasteiger partial charge < -0.3 is 14.4 Å². The maximum atomic E-state index is 12.6. The molecule has 0 radical (unpaired) electrons. The van der Waals surface area contributed by atoms with Gasteiger partial charge in [0.05, 0.1) is 12.2 Å². The number of methoxy groups -OCH3 is 2. The normalized spacial score (nSPS) is 24.1. The molecule has 1 aliphatic rings. The minimum atomic E-state index is -2.91. The smallest absolute Gasteiger partial charge is 0.197 e. The van der Waals surface area contributed by atoms with Gasteiger partial charge in [0.25, 0.3) is 0 Å². The Morgan fingerprint density at radius 1 is 1.12 bits per heavy atom. The number of hydrogen-bond donors (Lipinski definition) is 1. The molecular weight excluding hydrogens is 423 g/mol. The maximum Gasteiger partial charge on any atom is 0.197 e. The summed E-state index contributed by atoms with van der Waals surface area (Å²) in [7, 11) is 0.521. The van der Waals surface area contributed by atoms with E-state index < -0.39 is 7.37 Å². The van der Waals surface area contributed by atoms with E-state index in [1.807, 2.05) is 6.07 Å². The third-order valence-electron chi connectivity index (χ3n) is 6.50. The molecule has 0 aromatic heterocycles. The van der Waals surface area contributed by atoms with Crippen molar-refractivity contribution in [3.63, 3.8) is 0 Å². The number of ketones is 1. The van der Waals surface area contributed by atoms with E-state index in [2.05, 4.69) is 36.4 Å². The Morgan fingerprint density at radius 3 is 2.50 bits per heavy atom. The first-order valence-electron chi connectivity index (χ1n) is 11.9. The molecule has 6 heteroatoms. The summed E-state index contributed by atoms with van der Waals surface area (Å²) in [5, 5.41) is 0. The molecule has 0 heterocycles. The van der Waals surface area contributed by atoms with Crippen LogP contribution < -0.4 is 0 Å². The van der Waals surface area contributed by atoms with Crippen LogP contribution in [0.4, 0.5) is 0 Å². The van der Waals surface area contributed by atoms with Crippen molar-refractivity contribution in [3.8, 4) is 0 Å². The van der Waals surface area contributed by atoms with Crippen LogP contribution in [0.1, 0.15) is 56.9 Å². The second kappa shape index (κ2) is 14.1. The molecule has 5 nitrogen and oxygen atoms in total. The Balaban J connectivity index is 1.83. The van der Waals surface area contributed by atoms with Crippen molar-refractivity contribution >= 4 is 13.2 Å². The summed E-state index contributed by atoms with van der Waals surface area (Å²) in [6, 6.07) is 10.5. The second-order valence-corrected chi connectivity index (χ2v) is 11.7. The van der Waals surface area contributed by atoms with Gasteiger partial charge in [-0.05, 0) is 37.7 Å². The van der Waals surface area contributed by atoms with Crippen LogP contribution in [0.15, 0.2) is 42.5 Å². The lowest BCUT2D eigenvalue weighted by atomic mass is 9.88. The van der Waals surface area contributed by atoms with Crippen LogP contribution in [0, 0.1) is 11.8 Å². The van der Waals surface area contributed by atoms with E-state index in [4.69, 9.17) is 9.47 Å². The van der Waals surface area contributed by atoms with E-state index in [9.17, 15) is 14.3 Å². The molecule has 0 amide bonds. The van der Waals surface area contributed by atoms with Gasteiger partial charge in [-0.3, -0.25) is 9.36 Å². The first-order chi connectivity index (χ1) is 15.3. The number of carbonyl (C=O) groups excluding carboxylic acids is 1. The van der Waals surface area contributed by atoms with E-state index in [0.717, 1.165) is 51.4 Å². The summed E-state index contributed by atoms with van der Waals surface area (Å²) < 4.78 is 22.7. The molecule has 0 spiro atoms. The first-order valence-corrected chi connectivity index (χ1v) is 14.2. The molecule has 1 N–H and O–H groups in total. The SMILES string of the molecule is COC(/C=C/[C@H]1C(OC)CC(=O)[C@@H]1CCCCCCP(C)(=O)O)CCCc1ccccc1. The summed E-state index contributed by atoms with van der Waals surface area (Å²) in [5.41, 5.74) is 1.34. The monoisotopic (exact) mass is 464 g/mol. The van der Waals surface area contributed by atoms with Crippen LogP contribution in [-0.4, -0.2) is 49.9 Å². The molecule has 1 fully saturated rings. The predicted molar refractivity (Wildman–Crippen MR) is 130 cm³/mol. The number of ether oxygens (including phenoxy) is 2. The fraction of sp³-hybridized carbons (Fsp3) is 0.654. The minimum absolute atomic E-state index is 0.00635. The van der Waals surface area contributed by atoms with Crippen molar-refractivity contribution in [1.29, 1.82) is 0 Å². The highest BCUT2D eigenvalue weighted by Gasteiger charge is 2.40. The molecule has 1 saturated carbocycles. The van der Waals surface area contributed by atoms with Gasteiger partial charge >= 0.3 is 0 Å². The van der Waals surface area contributed by atoms with Gasteiger partial charge in [-0.1, -0.05) is 61.7 Å². The second-order valence-electron chi connectivity index (χ2n) is 9.14. The molecule has 1 aliphatic carbocycles. The predicted octanol–water partition coefficient (Wildman–Crippen LogP) is 5.65.